The Morgan fingerprint density at radius 2 is 0.561 bits per heavy atom. The molecular weight excluding hydrogens is 494 g/mol. The SMILES string of the molecule is CCCCCC=CCC=CCCCCCCCCCCNCCCCCCCCCCC=CCC=CCCCCC. The Kier molecular flexibility index (Phi) is 37.9. The molecule has 0 aliphatic heterocycles. The lowest BCUT2D eigenvalue weighted by atomic mass is 10.1. The standard InChI is InChI=1S/C40H75N/c1-3-5-7-9-11-13-15-17-19-21-23-25-27-29-31-33-35-37-39-41-40-38-36-34-32-30-28-26-24-22-20-18-16-14-12-10-8-6-4-2/h11-14,17-20,41H,3-10,15-16,21-40H2,1-2H3. The van der Waals surface area contributed by atoms with Crippen LogP contribution in [0.3, 0.4) is 0 Å². The zero-order valence-electron chi connectivity index (χ0n) is 28.3. The van der Waals surface area contributed by atoms with E-state index in [4.69, 9.17) is 0 Å². The molecule has 1 nitrogen and oxygen atoms in total. The number of hydrogen-bond donors (Lipinski definition) is 1. The minimum Gasteiger partial charge on any atom is -0.317 e. The molecule has 1 N–H and O–H groups in total. The highest BCUT2D eigenvalue weighted by Crippen LogP contribution is 2.11. The van der Waals surface area contributed by atoms with Gasteiger partial charge in [0.2, 0.25) is 0 Å². The highest BCUT2D eigenvalue weighted by molar-refractivity contribution is 4.93. The number of rotatable bonds is 34. The van der Waals surface area contributed by atoms with Crippen LogP contribution in [0.15, 0.2) is 48.6 Å². The Morgan fingerprint density at radius 1 is 0.293 bits per heavy atom. The summed E-state index contributed by atoms with van der Waals surface area (Å²) < 4.78 is 0. The first kappa shape index (κ1) is 39.9. The maximum absolute atomic E-state index is 3.67. The average molecular weight is 570 g/mol. The number of nitrogens with one attached hydrogen (secondary N) is 1. The molecule has 0 aromatic rings. The fourth-order valence-electron chi connectivity index (χ4n) is 5.31. The van der Waals surface area contributed by atoms with Gasteiger partial charge in [0.25, 0.3) is 0 Å². The van der Waals surface area contributed by atoms with Crippen molar-refractivity contribution < 1.29 is 0 Å². The van der Waals surface area contributed by atoms with Crippen molar-refractivity contribution >= 4 is 0 Å². The summed E-state index contributed by atoms with van der Waals surface area (Å²) in [6.45, 7) is 6.99. The molecule has 0 atom stereocenters. The van der Waals surface area contributed by atoms with Gasteiger partial charge in [0, 0.05) is 0 Å². The summed E-state index contributed by atoms with van der Waals surface area (Å²) in [5, 5.41) is 3.67. The van der Waals surface area contributed by atoms with Crippen LogP contribution in [0.1, 0.15) is 194 Å². The lowest BCUT2D eigenvalue weighted by Gasteiger charge is -2.05. The molecule has 1 heteroatoms. The average Bonchev–Trinajstić information content (AvgIpc) is 2.98. The third-order valence-corrected chi connectivity index (χ3v) is 8.11. The van der Waals surface area contributed by atoms with Crippen LogP contribution in [-0.4, -0.2) is 13.1 Å². The Hall–Kier alpha value is -1.08. The van der Waals surface area contributed by atoms with E-state index in [-0.39, 0.29) is 0 Å². The molecule has 0 unspecified atom stereocenters. The molecule has 0 fully saturated rings. The van der Waals surface area contributed by atoms with E-state index in [0.717, 1.165) is 12.8 Å². The van der Waals surface area contributed by atoms with Gasteiger partial charge >= 0.3 is 0 Å². The molecule has 0 radical (unpaired) electrons. The van der Waals surface area contributed by atoms with Crippen LogP contribution in [-0.2, 0) is 0 Å². The summed E-state index contributed by atoms with van der Waals surface area (Å²) >= 11 is 0. The van der Waals surface area contributed by atoms with Crippen molar-refractivity contribution in [1.82, 2.24) is 5.32 Å². The van der Waals surface area contributed by atoms with E-state index in [0.29, 0.717) is 0 Å². The first-order valence-corrected chi connectivity index (χ1v) is 18.7. The quantitative estimate of drug-likeness (QED) is 0.0600. The lowest BCUT2D eigenvalue weighted by molar-refractivity contribution is 0.530. The highest BCUT2D eigenvalue weighted by Gasteiger charge is 1.95. The second kappa shape index (κ2) is 38.9. The Bertz CT molecular complexity index is 519. The van der Waals surface area contributed by atoms with Gasteiger partial charge in [-0.05, 0) is 90.1 Å². The maximum Gasteiger partial charge on any atom is -0.00489 e. The van der Waals surface area contributed by atoms with E-state index < -0.39 is 0 Å². The second-order valence-electron chi connectivity index (χ2n) is 12.3. The normalized spacial score (nSPS) is 12.3. The number of hydrogen-bond acceptors (Lipinski definition) is 1. The first-order valence-electron chi connectivity index (χ1n) is 18.7. The summed E-state index contributed by atoms with van der Waals surface area (Å²) in [7, 11) is 0. The summed E-state index contributed by atoms with van der Waals surface area (Å²) in [4.78, 5) is 0. The number of unbranched alkanes of at least 4 members (excludes halogenated alkanes) is 22. The monoisotopic (exact) mass is 570 g/mol. The molecule has 0 aromatic heterocycles. The summed E-state index contributed by atoms with van der Waals surface area (Å²) in [6.07, 6.45) is 56.8. The van der Waals surface area contributed by atoms with Crippen LogP contribution < -0.4 is 5.32 Å². The fraction of sp³-hybridized carbons (Fsp3) is 0.800. The van der Waals surface area contributed by atoms with E-state index in [2.05, 4.69) is 67.8 Å². The van der Waals surface area contributed by atoms with Crippen molar-refractivity contribution in [2.24, 2.45) is 0 Å². The molecule has 41 heavy (non-hydrogen) atoms. The molecule has 0 saturated carbocycles. The van der Waals surface area contributed by atoms with Crippen molar-refractivity contribution in [1.29, 1.82) is 0 Å². The predicted octanol–water partition coefficient (Wildman–Crippen LogP) is 13.8. The van der Waals surface area contributed by atoms with Crippen molar-refractivity contribution in [2.45, 2.75) is 194 Å². The molecule has 240 valence electrons. The Morgan fingerprint density at radius 3 is 0.878 bits per heavy atom. The molecule has 0 saturated heterocycles. The van der Waals surface area contributed by atoms with Crippen LogP contribution in [0.25, 0.3) is 0 Å². The van der Waals surface area contributed by atoms with Crippen LogP contribution >= 0.6 is 0 Å². The fourth-order valence-corrected chi connectivity index (χ4v) is 5.31. The highest BCUT2D eigenvalue weighted by atomic mass is 14.8. The molecule has 0 aliphatic carbocycles. The summed E-state index contributed by atoms with van der Waals surface area (Å²) in [5.74, 6) is 0. The minimum absolute atomic E-state index is 1.12. The lowest BCUT2D eigenvalue weighted by Crippen LogP contribution is -2.16. The van der Waals surface area contributed by atoms with Gasteiger partial charge < -0.3 is 5.32 Å². The maximum atomic E-state index is 3.67. The minimum atomic E-state index is 1.12. The smallest absolute Gasteiger partial charge is 0.00489 e. The molecule has 0 aromatic carbocycles. The van der Waals surface area contributed by atoms with Crippen LogP contribution in [0, 0.1) is 0 Å². The van der Waals surface area contributed by atoms with Gasteiger partial charge in [0.15, 0.2) is 0 Å². The van der Waals surface area contributed by atoms with E-state index in [1.165, 1.54) is 180 Å². The first-order chi connectivity index (χ1) is 20.4. The largest absolute Gasteiger partial charge is 0.317 e. The molecule has 0 spiro atoms. The zero-order chi connectivity index (χ0) is 29.6. The van der Waals surface area contributed by atoms with Gasteiger partial charge in [-0.25, -0.2) is 0 Å². The molecule has 0 bridgehead atoms. The Balaban J connectivity index is 3.14. The van der Waals surface area contributed by atoms with Gasteiger partial charge in [0.1, 0.15) is 0 Å². The molecular formula is C40H75N. The van der Waals surface area contributed by atoms with Gasteiger partial charge in [-0.1, -0.05) is 165 Å². The van der Waals surface area contributed by atoms with Crippen LogP contribution in [0.4, 0.5) is 0 Å². The molecule has 0 amide bonds. The van der Waals surface area contributed by atoms with Gasteiger partial charge in [-0.15, -0.1) is 0 Å². The number of allylic oxidation sites excluding steroid dienone is 8. The Labute approximate surface area is 260 Å². The van der Waals surface area contributed by atoms with E-state index in [9.17, 15) is 0 Å². The zero-order valence-corrected chi connectivity index (χ0v) is 28.3. The van der Waals surface area contributed by atoms with Crippen LogP contribution in [0.5, 0.6) is 0 Å². The third kappa shape index (κ3) is 38.9. The van der Waals surface area contributed by atoms with Crippen molar-refractivity contribution in [3.05, 3.63) is 48.6 Å². The molecule has 0 rings (SSSR count). The predicted molar refractivity (Wildman–Crippen MR) is 190 cm³/mol. The van der Waals surface area contributed by atoms with E-state index in [1.54, 1.807) is 0 Å². The molecule has 0 aliphatic rings. The second-order valence-corrected chi connectivity index (χ2v) is 12.3. The topological polar surface area (TPSA) is 12.0 Å². The van der Waals surface area contributed by atoms with Gasteiger partial charge in [-0.3, -0.25) is 0 Å². The van der Waals surface area contributed by atoms with Crippen molar-refractivity contribution in [2.75, 3.05) is 13.1 Å². The van der Waals surface area contributed by atoms with Gasteiger partial charge in [0.05, 0.1) is 0 Å². The van der Waals surface area contributed by atoms with Crippen molar-refractivity contribution in [3.63, 3.8) is 0 Å². The van der Waals surface area contributed by atoms with Crippen LogP contribution in [0.2, 0.25) is 0 Å². The summed E-state index contributed by atoms with van der Waals surface area (Å²) in [6, 6.07) is 0. The summed E-state index contributed by atoms with van der Waals surface area (Å²) in [5.41, 5.74) is 0. The third-order valence-electron chi connectivity index (χ3n) is 8.11. The van der Waals surface area contributed by atoms with E-state index >= 15 is 0 Å². The van der Waals surface area contributed by atoms with E-state index in [1.807, 2.05) is 0 Å². The van der Waals surface area contributed by atoms with Crippen molar-refractivity contribution in [3.8, 4) is 0 Å². The molecule has 0 heterocycles. The van der Waals surface area contributed by atoms with Gasteiger partial charge in [-0.2, -0.15) is 0 Å².